The molecule has 0 radical (unpaired) electrons. The number of carbonyl (C=O) groups is 2. The fraction of sp³-hybridized carbons (Fsp3) is 0.846. The Labute approximate surface area is 96.5 Å². The van der Waals surface area contributed by atoms with Crippen molar-refractivity contribution in [3.8, 4) is 0 Å². The number of ketones is 1. The molecule has 3 atom stereocenters. The number of hydrogen-bond acceptors (Lipinski definition) is 3. The quantitative estimate of drug-likeness (QED) is 0.675. The Morgan fingerprint density at radius 2 is 2.06 bits per heavy atom. The largest absolute Gasteiger partial charge is 0.469 e. The van der Waals surface area contributed by atoms with Gasteiger partial charge in [0.25, 0.3) is 0 Å². The lowest BCUT2D eigenvalue weighted by molar-refractivity contribution is -0.143. The van der Waals surface area contributed by atoms with Crippen molar-refractivity contribution < 1.29 is 14.3 Å². The lowest BCUT2D eigenvalue weighted by Crippen LogP contribution is -2.33. The maximum atomic E-state index is 11.8. The molecule has 0 aliphatic heterocycles. The Bertz CT molecular complexity index is 345. The van der Waals surface area contributed by atoms with E-state index in [0.717, 1.165) is 6.42 Å². The molecule has 0 saturated heterocycles. The molecule has 2 rings (SSSR count). The summed E-state index contributed by atoms with van der Waals surface area (Å²) in [6, 6.07) is 0. The molecule has 0 aromatic carbocycles. The molecule has 90 valence electrons. The summed E-state index contributed by atoms with van der Waals surface area (Å²) < 4.78 is 4.74. The highest BCUT2D eigenvalue weighted by Gasteiger charge is 2.65. The average molecular weight is 224 g/mol. The third kappa shape index (κ3) is 1.26. The van der Waals surface area contributed by atoms with Gasteiger partial charge in [0, 0.05) is 18.8 Å². The molecule has 2 saturated carbocycles. The molecule has 0 spiro atoms. The predicted molar refractivity (Wildman–Crippen MR) is 59.7 cm³/mol. The van der Waals surface area contributed by atoms with Crippen LogP contribution in [0.1, 0.15) is 40.0 Å². The smallest absolute Gasteiger partial charge is 0.305 e. The zero-order valence-corrected chi connectivity index (χ0v) is 10.5. The Kier molecular flexibility index (Phi) is 2.41. The van der Waals surface area contributed by atoms with Crippen LogP contribution in [0.2, 0.25) is 0 Å². The first-order chi connectivity index (χ1) is 7.33. The molecule has 2 fully saturated rings. The summed E-state index contributed by atoms with van der Waals surface area (Å²) in [6.45, 7) is 6.49. The molecule has 0 unspecified atom stereocenters. The highest BCUT2D eigenvalue weighted by atomic mass is 16.5. The van der Waals surface area contributed by atoms with Crippen LogP contribution in [0.15, 0.2) is 0 Å². The van der Waals surface area contributed by atoms with Gasteiger partial charge in [0.05, 0.1) is 7.11 Å². The van der Waals surface area contributed by atoms with E-state index in [-0.39, 0.29) is 22.7 Å². The number of methoxy groups -OCH3 is 1. The summed E-state index contributed by atoms with van der Waals surface area (Å²) >= 11 is 0. The average Bonchev–Trinajstić information content (AvgIpc) is 2.47. The van der Waals surface area contributed by atoms with Crippen molar-refractivity contribution in [3.63, 3.8) is 0 Å². The van der Waals surface area contributed by atoms with Gasteiger partial charge in [-0.2, -0.15) is 0 Å². The third-order valence-electron chi connectivity index (χ3n) is 5.34. The minimum atomic E-state index is -0.151. The van der Waals surface area contributed by atoms with Crippen molar-refractivity contribution in [1.29, 1.82) is 0 Å². The number of carbonyl (C=O) groups excluding carboxylic acids is 2. The van der Waals surface area contributed by atoms with Crippen LogP contribution < -0.4 is 0 Å². The molecule has 3 nitrogen and oxygen atoms in total. The monoisotopic (exact) mass is 224 g/mol. The van der Waals surface area contributed by atoms with Gasteiger partial charge < -0.3 is 4.74 Å². The maximum Gasteiger partial charge on any atom is 0.305 e. The molecule has 2 aliphatic carbocycles. The lowest BCUT2D eigenvalue weighted by Gasteiger charge is -2.38. The van der Waals surface area contributed by atoms with E-state index in [1.165, 1.54) is 7.11 Å². The molecule has 0 heterocycles. The van der Waals surface area contributed by atoms with Gasteiger partial charge in [0.1, 0.15) is 5.78 Å². The first-order valence-corrected chi connectivity index (χ1v) is 5.92. The van der Waals surface area contributed by atoms with Gasteiger partial charge in [-0.15, -0.1) is 0 Å². The summed E-state index contributed by atoms with van der Waals surface area (Å²) in [7, 11) is 1.42. The first kappa shape index (κ1) is 11.6. The van der Waals surface area contributed by atoms with E-state index >= 15 is 0 Å². The molecule has 3 heteroatoms. The standard InChI is InChI=1S/C13H20O3/c1-12(2)9-5-8(6-11(15)16-4)13(12,3)7-10(9)14/h8-9H,5-7H2,1-4H3/t8-,9+,13+/m0/s1. The Morgan fingerprint density at radius 3 is 2.44 bits per heavy atom. The van der Waals surface area contributed by atoms with Gasteiger partial charge in [-0.3, -0.25) is 9.59 Å². The fourth-order valence-electron chi connectivity index (χ4n) is 3.75. The fourth-order valence-corrected chi connectivity index (χ4v) is 3.75. The highest BCUT2D eigenvalue weighted by molar-refractivity contribution is 5.87. The molecule has 0 aromatic rings. The van der Waals surface area contributed by atoms with Crippen molar-refractivity contribution in [1.82, 2.24) is 0 Å². The van der Waals surface area contributed by atoms with E-state index < -0.39 is 0 Å². The predicted octanol–water partition coefficient (Wildman–Crippen LogP) is 2.19. The lowest BCUT2D eigenvalue weighted by atomic mass is 9.66. The van der Waals surface area contributed by atoms with E-state index in [1.807, 2.05) is 0 Å². The Morgan fingerprint density at radius 1 is 1.44 bits per heavy atom. The van der Waals surface area contributed by atoms with Gasteiger partial charge in [0.15, 0.2) is 0 Å². The Balaban J connectivity index is 2.23. The second-order valence-electron chi connectivity index (χ2n) is 6.05. The van der Waals surface area contributed by atoms with E-state index in [9.17, 15) is 9.59 Å². The van der Waals surface area contributed by atoms with Gasteiger partial charge >= 0.3 is 5.97 Å². The van der Waals surface area contributed by atoms with Crippen molar-refractivity contribution in [3.05, 3.63) is 0 Å². The minimum absolute atomic E-state index is 0.0249. The van der Waals surface area contributed by atoms with Crippen molar-refractivity contribution >= 4 is 11.8 Å². The molecule has 0 amide bonds. The number of hydrogen-bond donors (Lipinski definition) is 0. The SMILES string of the molecule is COC(=O)C[C@@H]1C[C@@H]2C(=O)C[C@@]1(C)C2(C)C. The number of Topliss-reactive ketones (excluding diaryl/α,β-unsaturated/α-hetero) is 1. The van der Waals surface area contributed by atoms with Crippen molar-refractivity contribution in [2.75, 3.05) is 7.11 Å². The van der Waals surface area contributed by atoms with E-state index in [1.54, 1.807) is 0 Å². The van der Waals surface area contributed by atoms with Crippen LogP contribution in [0.3, 0.4) is 0 Å². The number of fused-ring (bicyclic) bond motifs is 2. The molecule has 0 N–H and O–H groups in total. The summed E-state index contributed by atoms with van der Waals surface area (Å²) in [4.78, 5) is 23.2. The number of ether oxygens (including phenoxy) is 1. The molecular formula is C13H20O3. The van der Waals surface area contributed by atoms with Crippen LogP contribution in [-0.4, -0.2) is 18.9 Å². The summed E-state index contributed by atoms with van der Waals surface area (Å²) in [5.41, 5.74) is 0.00567. The van der Waals surface area contributed by atoms with Crippen LogP contribution in [-0.2, 0) is 14.3 Å². The van der Waals surface area contributed by atoms with Crippen LogP contribution in [0.25, 0.3) is 0 Å². The normalized spacial score (nSPS) is 40.1. The minimum Gasteiger partial charge on any atom is -0.469 e. The summed E-state index contributed by atoms with van der Waals surface area (Å²) in [5, 5.41) is 0. The van der Waals surface area contributed by atoms with E-state index in [0.29, 0.717) is 24.5 Å². The summed E-state index contributed by atoms with van der Waals surface area (Å²) in [5.74, 6) is 0.681. The van der Waals surface area contributed by atoms with Crippen molar-refractivity contribution in [2.24, 2.45) is 22.7 Å². The number of esters is 1. The van der Waals surface area contributed by atoms with Gasteiger partial charge in [-0.1, -0.05) is 20.8 Å². The van der Waals surface area contributed by atoms with Gasteiger partial charge in [-0.25, -0.2) is 0 Å². The third-order valence-corrected chi connectivity index (χ3v) is 5.34. The van der Waals surface area contributed by atoms with E-state index in [4.69, 9.17) is 4.74 Å². The van der Waals surface area contributed by atoms with E-state index in [2.05, 4.69) is 20.8 Å². The summed E-state index contributed by atoms with van der Waals surface area (Å²) in [6.07, 6.45) is 1.95. The second-order valence-corrected chi connectivity index (χ2v) is 6.05. The molecule has 16 heavy (non-hydrogen) atoms. The number of rotatable bonds is 2. The molecular weight excluding hydrogens is 204 g/mol. The highest BCUT2D eigenvalue weighted by Crippen LogP contribution is 2.67. The molecule has 2 aliphatic rings. The van der Waals surface area contributed by atoms with Gasteiger partial charge in [-0.05, 0) is 23.2 Å². The molecule has 2 bridgehead atoms. The maximum absolute atomic E-state index is 11.8. The van der Waals surface area contributed by atoms with Crippen LogP contribution >= 0.6 is 0 Å². The second kappa shape index (κ2) is 3.31. The van der Waals surface area contributed by atoms with Gasteiger partial charge in [0.2, 0.25) is 0 Å². The molecule has 0 aromatic heterocycles. The topological polar surface area (TPSA) is 43.4 Å². The van der Waals surface area contributed by atoms with Crippen LogP contribution in [0.4, 0.5) is 0 Å². The Hall–Kier alpha value is -0.860. The van der Waals surface area contributed by atoms with Crippen LogP contribution in [0, 0.1) is 22.7 Å². The van der Waals surface area contributed by atoms with Crippen LogP contribution in [0.5, 0.6) is 0 Å². The zero-order valence-electron chi connectivity index (χ0n) is 10.5. The van der Waals surface area contributed by atoms with Crippen molar-refractivity contribution in [2.45, 2.75) is 40.0 Å². The zero-order chi connectivity index (χ0) is 12.1. The first-order valence-electron chi connectivity index (χ1n) is 5.92.